The molecule has 0 radical (unpaired) electrons. The Morgan fingerprint density at radius 1 is 1.14 bits per heavy atom. The lowest BCUT2D eigenvalue weighted by Crippen LogP contribution is -2.35. The molecular weight excluding hydrogens is 267 g/mol. The fourth-order valence-electron chi connectivity index (χ4n) is 2.08. The molecule has 110 valence electrons. The van der Waals surface area contributed by atoms with Crippen LogP contribution >= 0.6 is 0 Å². The van der Waals surface area contributed by atoms with E-state index in [1.54, 1.807) is 38.1 Å². The first kappa shape index (κ1) is 15.2. The standard InChI is InChI=1S/C17H19FN2O/c1-11-8-9-14(10-15(11)18)12(2)20-17(21)16(19)13-6-4-3-5-7-13/h3-10,12,16H,19H2,1-2H3,(H,20,21). The molecular formula is C17H19FN2O. The van der Waals surface area contributed by atoms with E-state index in [4.69, 9.17) is 5.73 Å². The maximum absolute atomic E-state index is 13.6. The van der Waals surface area contributed by atoms with Crippen LogP contribution in [0.4, 0.5) is 4.39 Å². The Balaban J connectivity index is 2.06. The molecule has 0 aliphatic carbocycles. The number of amides is 1. The fraction of sp³-hybridized carbons (Fsp3) is 0.235. The Labute approximate surface area is 124 Å². The Bertz CT molecular complexity index is 628. The summed E-state index contributed by atoms with van der Waals surface area (Å²) in [5, 5.41) is 2.81. The molecule has 2 unspecified atom stereocenters. The number of nitrogens with one attached hydrogen (secondary N) is 1. The van der Waals surface area contributed by atoms with Crippen molar-refractivity contribution in [3.8, 4) is 0 Å². The zero-order chi connectivity index (χ0) is 15.4. The smallest absolute Gasteiger partial charge is 0.241 e. The summed E-state index contributed by atoms with van der Waals surface area (Å²) >= 11 is 0. The van der Waals surface area contributed by atoms with Gasteiger partial charge in [0.2, 0.25) is 5.91 Å². The molecule has 0 aromatic heterocycles. The van der Waals surface area contributed by atoms with Gasteiger partial charge in [0.25, 0.3) is 0 Å². The van der Waals surface area contributed by atoms with Crippen molar-refractivity contribution >= 4 is 5.91 Å². The molecule has 3 nitrogen and oxygen atoms in total. The van der Waals surface area contributed by atoms with Crippen LogP contribution in [0, 0.1) is 12.7 Å². The number of hydrogen-bond acceptors (Lipinski definition) is 2. The Morgan fingerprint density at radius 3 is 2.43 bits per heavy atom. The molecule has 0 saturated heterocycles. The highest BCUT2D eigenvalue weighted by Crippen LogP contribution is 2.18. The van der Waals surface area contributed by atoms with Gasteiger partial charge < -0.3 is 11.1 Å². The van der Waals surface area contributed by atoms with Crippen molar-refractivity contribution in [2.24, 2.45) is 5.73 Å². The number of aryl methyl sites for hydroxylation is 1. The van der Waals surface area contributed by atoms with E-state index in [9.17, 15) is 9.18 Å². The molecule has 2 aromatic rings. The molecule has 0 fully saturated rings. The van der Waals surface area contributed by atoms with Gasteiger partial charge in [-0.25, -0.2) is 4.39 Å². The molecule has 0 aliphatic rings. The van der Waals surface area contributed by atoms with Crippen LogP contribution < -0.4 is 11.1 Å². The van der Waals surface area contributed by atoms with Crippen LogP contribution in [0.15, 0.2) is 48.5 Å². The predicted molar refractivity (Wildman–Crippen MR) is 81.1 cm³/mol. The number of carbonyl (C=O) groups excluding carboxylic acids is 1. The Kier molecular flexibility index (Phi) is 4.70. The van der Waals surface area contributed by atoms with E-state index in [1.165, 1.54) is 6.07 Å². The lowest BCUT2D eigenvalue weighted by Gasteiger charge is -2.18. The fourth-order valence-corrected chi connectivity index (χ4v) is 2.08. The van der Waals surface area contributed by atoms with Gasteiger partial charge >= 0.3 is 0 Å². The largest absolute Gasteiger partial charge is 0.348 e. The first-order valence-corrected chi connectivity index (χ1v) is 6.86. The van der Waals surface area contributed by atoms with Crippen LogP contribution in [-0.4, -0.2) is 5.91 Å². The summed E-state index contributed by atoms with van der Waals surface area (Å²) in [5.74, 6) is -0.560. The molecule has 4 heteroatoms. The molecule has 0 heterocycles. The van der Waals surface area contributed by atoms with Gasteiger partial charge in [-0.2, -0.15) is 0 Å². The lowest BCUT2D eigenvalue weighted by molar-refractivity contribution is -0.123. The van der Waals surface area contributed by atoms with Crippen LogP contribution in [0.5, 0.6) is 0 Å². The zero-order valence-corrected chi connectivity index (χ0v) is 12.1. The molecule has 21 heavy (non-hydrogen) atoms. The minimum absolute atomic E-state index is 0.277. The van der Waals surface area contributed by atoms with Gasteiger partial charge in [-0.05, 0) is 36.6 Å². The highest BCUT2D eigenvalue weighted by Gasteiger charge is 2.18. The van der Waals surface area contributed by atoms with Crippen LogP contribution in [0.3, 0.4) is 0 Å². The topological polar surface area (TPSA) is 55.1 Å². The monoisotopic (exact) mass is 286 g/mol. The van der Waals surface area contributed by atoms with Gasteiger partial charge in [0, 0.05) is 0 Å². The van der Waals surface area contributed by atoms with Gasteiger partial charge in [-0.15, -0.1) is 0 Å². The van der Waals surface area contributed by atoms with Crippen molar-refractivity contribution in [3.63, 3.8) is 0 Å². The van der Waals surface area contributed by atoms with Gasteiger partial charge in [0.15, 0.2) is 0 Å². The van der Waals surface area contributed by atoms with Crippen LogP contribution in [0.2, 0.25) is 0 Å². The van der Waals surface area contributed by atoms with Crippen molar-refractivity contribution in [1.29, 1.82) is 0 Å². The molecule has 0 aliphatic heterocycles. The zero-order valence-electron chi connectivity index (χ0n) is 12.1. The summed E-state index contributed by atoms with van der Waals surface area (Å²) in [6.07, 6.45) is 0. The Morgan fingerprint density at radius 2 is 1.81 bits per heavy atom. The summed E-state index contributed by atoms with van der Waals surface area (Å²) in [7, 11) is 0. The third kappa shape index (κ3) is 3.67. The minimum Gasteiger partial charge on any atom is -0.348 e. The van der Waals surface area contributed by atoms with Crippen molar-refractivity contribution < 1.29 is 9.18 Å². The van der Waals surface area contributed by atoms with Crippen molar-refractivity contribution in [1.82, 2.24) is 5.32 Å². The summed E-state index contributed by atoms with van der Waals surface area (Å²) in [6, 6.07) is 13.1. The highest BCUT2D eigenvalue weighted by molar-refractivity contribution is 5.83. The van der Waals surface area contributed by atoms with Gasteiger partial charge in [0.05, 0.1) is 6.04 Å². The molecule has 3 N–H and O–H groups in total. The highest BCUT2D eigenvalue weighted by atomic mass is 19.1. The van der Waals surface area contributed by atoms with Crippen molar-refractivity contribution in [3.05, 3.63) is 71.0 Å². The van der Waals surface area contributed by atoms with Gasteiger partial charge in [-0.1, -0.05) is 42.5 Å². The van der Waals surface area contributed by atoms with E-state index in [0.29, 0.717) is 11.1 Å². The van der Waals surface area contributed by atoms with Crippen LogP contribution in [-0.2, 0) is 4.79 Å². The molecule has 0 bridgehead atoms. The molecule has 2 aromatic carbocycles. The van der Waals surface area contributed by atoms with E-state index in [2.05, 4.69) is 5.32 Å². The first-order chi connectivity index (χ1) is 9.99. The predicted octanol–water partition coefficient (Wildman–Crippen LogP) is 3.01. The maximum Gasteiger partial charge on any atom is 0.241 e. The second-order valence-electron chi connectivity index (χ2n) is 5.13. The second kappa shape index (κ2) is 6.50. The normalized spacial score (nSPS) is 13.5. The second-order valence-corrected chi connectivity index (χ2v) is 5.13. The number of nitrogens with two attached hydrogens (primary N) is 1. The molecule has 2 rings (SSSR count). The van der Waals surface area contributed by atoms with Crippen molar-refractivity contribution in [2.75, 3.05) is 0 Å². The summed E-state index contributed by atoms with van der Waals surface area (Å²) in [4.78, 5) is 12.1. The lowest BCUT2D eigenvalue weighted by atomic mass is 10.0. The van der Waals surface area contributed by atoms with E-state index in [0.717, 1.165) is 5.56 Å². The summed E-state index contributed by atoms with van der Waals surface area (Å²) in [6.45, 7) is 3.51. The first-order valence-electron chi connectivity index (χ1n) is 6.86. The number of carbonyl (C=O) groups is 1. The number of rotatable bonds is 4. The Hall–Kier alpha value is -2.20. The molecule has 0 spiro atoms. The average molecular weight is 286 g/mol. The van der Waals surface area contributed by atoms with Gasteiger partial charge in [-0.3, -0.25) is 4.79 Å². The summed E-state index contributed by atoms with van der Waals surface area (Å²) < 4.78 is 13.6. The van der Waals surface area contributed by atoms with Crippen molar-refractivity contribution in [2.45, 2.75) is 25.9 Å². The number of benzene rings is 2. The summed E-state index contributed by atoms with van der Waals surface area (Å²) in [5.41, 5.74) is 7.98. The van der Waals surface area contributed by atoms with E-state index >= 15 is 0 Å². The van der Waals surface area contributed by atoms with Crippen LogP contribution in [0.25, 0.3) is 0 Å². The SMILES string of the molecule is Cc1ccc(C(C)NC(=O)C(N)c2ccccc2)cc1F. The molecule has 0 saturated carbocycles. The third-order valence-corrected chi connectivity index (χ3v) is 3.50. The third-order valence-electron chi connectivity index (χ3n) is 3.50. The quantitative estimate of drug-likeness (QED) is 0.907. The van der Waals surface area contributed by atoms with E-state index in [1.807, 2.05) is 18.2 Å². The minimum atomic E-state index is -0.732. The number of hydrogen-bond donors (Lipinski definition) is 2. The maximum atomic E-state index is 13.6. The average Bonchev–Trinajstić information content (AvgIpc) is 2.50. The number of halogens is 1. The van der Waals surface area contributed by atoms with E-state index in [-0.39, 0.29) is 17.8 Å². The van der Waals surface area contributed by atoms with Gasteiger partial charge in [0.1, 0.15) is 11.9 Å². The molecule has 1 amide bonds. The van der Waals surface area contributed by atoms with E-state index < -0.39 is 6.04 Å². The van der Waals surface area contributed by atoms with Crippen LogP contribution in [0.1, 0.15) is 35.7 Å². The molecule has 2 atom stereocenters.